The zero-order chi connectivity index (χ0) is 13.2. The van der Waals surface area contributed by atoms with Gasteiger partial charge in [0.2, 0.25) is 5.95 Å². The molecule has 7 nitrogen and oxygen atoms in total. The van der Waals surface area contributed by atoms with Crippen molar-refractivity contribution in [3.05, 3.63) is 29.8 Å². The molecule has 0 unspecified atom stereocenters. The molecule has 1 aliphatic carbocycles. The summed E-state index contributed by atoms with van der Waals surface area (Å²) in [5.41, 5.74) is 13.3. The van der Waals surface area contributed by atoms with Crippen LogP contribution in [0.5, 0.6) is 0 Å². The van der Waals surface area contributed by atoms with Gasteiger partial charge >= 0.3 is 0 Å². The van der Waals surface area contributed by atoms with Crippen LogP contribution in [0.1, 0.15) is 30.1 Å². The van der Waals surface area contributed by atoms with E-state index in [1.165, 1.54) is 6.26 Å². The SMILES string of the molecule is Nc1nc(NCc2ccon2)cc(C2CC(N)C2)n1. The summed E-state index contributed by atoms with van der Waals surface area (Å²) in [6, 6.07) is 4.00. The van der Waals surface area contributed by atoms with Crippen LogP contribution in [0.3, 0.4) is 0 Å². The van der Waals surface area contributed by atoms with Crippen LogP contribution in [0, 0.1) is 0 Å². The fourth-order valence-electron chi connectivity index (χ4n) is 2.20. The third kappa shape index (κ3) is 2.65. The van der Waals surface area contributed by atoms with Crippen molar-refractivity contribution in [1.29, 1.82) is 0 Å². The first kappa shape index (κ1) is 11.9. The van der Waals surface area contributed by atoms with E-state index >= 15 is 0 Å². The van der Waals surface area contributed by atoms with E-state index in [9.17, 15) is 0 Å². The van der Waals surface area contributed by atoms with E-state index in [4.69, 9.17) is 16.0 Å². The van der Waals surface area contributed by atoms with Crippen LogP contribution in [0.4, 0.5) is 11.8 Å². The molecular formula is C12H16N6O. The second kappa shape index (κ2) is 4.85. The van der Waals surface area contributed by atoms with E-state index < -0.39 is 0 Å². The van der Waals surface area contributed by atoms with Crippen molar-refractivity contribution in [2.75, 3.05) is 11.1 Å². The smallest absolute Gasteiger partial charge is 0.222 e. The number of nitrogens with one attached hydrogen (secondary N) is 1. The molecule has 0 amide bonds. The lowest BCUT2D eigenvalue weighted by atomic mass is 9.78. The van der Waals surface area contributed by atoms with Crippen LogP contribution in [0.15, 0.2) is 22.9 Å². The van der Waals surface area contributed by atoms with Gasteiger partial charge in [-0.2, -0.15) is 4.98 Å². The van der Waals surface area contributed by atoms with Gasteiger partial charge in [0.25, 0.3) is 0 Å². The molecule has 2 heterocycles. The first-order valence-electron chi connectivity index (χ1n) is 6.24. The van der Waals surface area contributed by atoms with E-state index in [0.29, 0.717) is 18.3 Å². The van der Waals surface area contributed by atoms with Crippen molar-refractivity contribution in [2.24, 2.45) is 5.73 Å². The van der Waals surface area contributed by atoms with Gasteiger partial charge in [-0.3, -0.25) is 0 Å². The fraction of sp³-hybridized carbons (Fsp3) is 0.417. The van der Waals surface area contributed by atoms with Gasteiger partial charge in [-0.15, -0.1) is 0 Å². The fourth-order valence-corrected chi connectivity index (χ4v) is 2.20. The maximum Gasteiger partial charge on any atom is 0.222 e. The number of aromatic nitrogens is 3. The van der Waals surface area contributed by atoms with Gasteiger partial charge in [0.05, 0.1) is 12.2 Å². The maximum absolute atomic E-state index is 5.80. The largest absolute Gasteiger partial charge is 0.368 e. The molecule has 3 rings (SSSR count). The molecular weight excluding hydrogens is 244 g/mol. The lowest BCUT2D eigenvalue weighted by Gasteiger charge is -2.32. The Hall–Kier alpha value is -2.15. The van der Waals surface area contributed by atoms with Crippen molar-refractivity contribution in [2.45, 2.75) is 31.3 Å². The summed E-state index contributed by atoms with van der Waals surface area (Å²) in [6.45, 7) is 0.538. The molecule has 1 fully saturated rings. The standard InChI is InChI=1S/C12H16N6O/c13-8-3-7(4-8)10-5-11(17-12(14)16-10)15-6-9-1-2-19-18-9/h1-2,5,7-8H,3-4,6,13H2,(H3,14,15,16,17). The van der Waals surface area contributed by atoms with Crippen LogP contribution in [-0.2, 0) is 6.54 Å². The molecule has 100 valence electrons. The number of anilines is 2. The number of hydrogen-bond acceptors (Lipinski definition) is 7. The lowest BCUT2D eigenvalue weighted by molar-refractivity contribution is 0.345. The second-order valence-electron chi connectivity index (χ2n) is 4.81. The summed E-state index contributed by atoms with van der Waals surface area (Å²) in [6.07, 6.45) is 3.45. The highest BCUT2D eigenvalue weighted by Gasteiger charge is 2.29. The third-order valence-electron chi connectivity index (χ3n) is 3.30. The van der Waals surface area contributed by atoms with Crippen LogP contribution in [-0.4, -0.2) is 21.2 Å². The molecule has 0 bridgehead atoms. The molecule has 5 N–H and O–H groups in total. The summed E-state index contributed by atoms with van der Waals surface area (Å²) >= 11 is 0. The highest BCUT2D eigenvalue weighted by Crippen LogP contribution is 2.35. The molecule has 2 aromatic rings. The number of hydrogen-bond donors (Lipinski definition) is 3. The normalized spacial score (nSPS) is 21.9. The van der Waals surface area contributed by atoms with Crippen molar-refractivity contribution in [3.63, 3.8) is 0 Å². The molecule has 19 heavy (non-hydrogen) atoms. The molecule has 2 aromatic heterocycles. The Kier molecular flexibility index (Phi) is 3.04. The molecule has 0 atom stereocenters. The predicted molar refractivity (Wildman–Crippen MR) is 70.2 cm³/mol. The Balaban J connectivity index is 1.70. The molecule has 0 saturated heterocycles. The van der Waals surface area contributed by atoms with Crippen LogP contribution < -0.4 is 16.8 Å². The van der Waals surface area contributed by atoms with Crippen LogP contribution >= 0.6 is 0 Å². The topological polar surface area (TPSA) is 116 Å². The first-order chi connectivity index (χ1) is 9.20. The molecule has 1 aliphatic rings. The lowest BCUT2D eigenvalue weighted by Crippen LogP contribution is -2.35. The van der Waals surface area contributed by atoms with E-state index in [1.54, 1.807) is 6.07 Å². The zero-order valence-electron chi connectivity index (χ0n) is 10.4. The molecule has 7 heteroatoms. The summed E-state index contributed by atoms with van der Waals surface area (Å²) in [5, 5.41) is 6.98. The Morgan fingerprint density at radius 2 is 2.21 bits per heavy atom. The third-order valence-corrected chi connectivity index (χ3v) is 3.30. The van der Waals surface area contributed by atoms with E-state index in [1.807, 2.05) is 6.07 Å². The highest BCUT2D eigenvalue weighted by molar-refractivity contribution is 5.42. The van der Waals surface area contributed by atoms with Crippen molar-refractivity contribution >= 4 is 11.8 Å². The quantitative estimate of drug-likeness (QED) is 0.746. The minimum absolute atomic E-state index is 0.278. The number of nitrogens with zero attached hydrogens (tertiary/aromatic N) is 3. The van der Waals surface area contributed by atoms with E-state index in [-0.39, 0.29) is 12.0 Å². The van der Waals surface area contributed by atoms with Crippen LogP contribution in [0.25, 0.3) is 0 Å². The van der Waals surface area contributed by atoms with Gasteiger partial charge in [0.1, 0.15) is 17.8 Å². The molecule has 1 saturated carbocycles. The number of rotatable bonds is 4. The molecule has 0 aliphatic heterocycles. The summed E-state index contributed by atoms with van der Waals surface area (Å²) in [5.74, 6) is 1.37. The van der Waals surface area contributed by atoms with Crippen molar-refractivity contribution < 1.29 is 4.52 Å². The summed E-state index contributed by atoms with van der Waals surface area (Å²) in [7, 11) is 0. The van der Waals surface area contributed by atoms with Gasteiger partial charge in [-0.25, -0.2) is 4.98 Å². The predicted octanol–water partition coefficient (Wildman–Crippen LogP) is 0.864. The number of nitrogen functional groups attached to an aromatic ring is 1. The average molecular weight is 260 g/mol. The minimum atomic E-state index is 0.278. The molecule has 0 spiro atoms. The monoisotopic (exact) mass is 260 g/mol. The summed E-state index contributed by atoms with van der Waals surface area (Å²) in [4.78, 5) is 8.43. The second-order valence-corrected chi connectivity index (χ2v) is 4.81. The molecule has 0 radical (unpaired) electrons. The average Bonchev–Trinajstić information content (AvgIpc) is 2.85. The van der Waals surface area contributed by atoms with Gasteiger partial charge in [-0.1, -0.05) is 5.16 Å². The van der Waals surface area contributed by atoms with Gasteiger partial charge in [0, 0.05) is 24.1 Å². The van der Waals surface area contributed by atoms with Gasteiger partial charge in [0.15, 0.2) is 0 Å². The van der Waals surface area contributed by atoms with Gasteiger partial charge in [-0.05, 0) is 12.8 Å². The highest BCUT2D eigenvalue weighted by atomic mass is 16.5. The Morgan fingerprint density at radius 3 is 2.89 bits per heavy atom. The van der Waals surface area contributed by atoms with E-state index in [2.05, 4.69) is 20.4 Å². The van der Waals surface area contributed by atoms with E-state index in [0.717, 1.165) is 24.2 Å². The molecule has 0 aromatic carbocycles. The Morgan fingerprint density at radius 1 is 1.37 bits per heavy atom. The summed E-state index contributed by atoms with van der Waals surface area (Å²) < 4.78 is 4.77. The van der Waals surface area contributed by atoms with Gasteiger partial charge < -0.3 is 21.3 Å². The van der Waals surface area contributed by atoms with Crippen LogP contribution in [0.2, 0.25) is 0 Å². The Bertz CT molecular complexity index is 549. The van der Waals surface area contributed by atoms with Crippen molar-refractivity contribution in [1.82, 2.24) is 15.1 Å². The Labute approximate surface area is 110 Å². The maximum atomic E-state index is 5.80. The van der Waals surface area contributed by atoms with Crippen molar-refractivity contribution in [3.8, 4) is 0 Å². The number of nitrogens with two attached hydrogens (primary N) is 2. The first-order valence-corrected chi connectivity index (χ1v) is 6.24. The minimum Gasteiger partial charge on any atom is -0.368 e. The zero-order valence-corrected chi connectivity index (χ0v) is 10.4.